The predicted molar refractivity (Wildman–Crippen MR) is 109 cm³/mol. The molecule has 2 heteroatoms. The van der Waals surface area contributed by atoms with Crippen molar-refractivity contribution in [3.05, 3.63) is 16.8 Å². The van der Waals surface area contributed by atoms with Gasteiger partial charge in [-0.25, -0.2) is 0 Å². The second-order valence-corrected chi connectivity index (χ2v) is 7.89. The molecule has 1 heterocycles. The zero-order valence-electron chi connectivity index (χ0n) is 16.1. The van der Waals surface area contributed by atoms with Gasteiger partial charge in [0, 0.05) is 5.38 Å². The number of hydrogen-bond acceptors (Lipinski definition) is 2. The minimum atomic E-state index is 0.884. The van der Waals surface area contributed by atoms with Crippen LogP contribution in [0.15, 0.2) is 16.8 Å². The molecule has 0 aliphatic rings. The maximum atomic E-state index is 5.68. The average Bonchev–Trinajstić information content (AvgIpc) is 3.11. The summed E-state index contributed by atoms with van der Waals surface area (Å²) in [6.07, 6.45) is 22.7. The van der Waals surface area contributed by atoms with Crippen LogP contribution in [0.4, 0.5) is 0 Å². The first-order valence-corrected chi connectivity index (χ1v) is 11.5. The molecule has 0 aromatic carbocycles. The molecular weight excluding hydrogens is 312 g/mol. The Bertz CT molecular complexity index is 334. The smallest absolute Gasteiger partial charge is 0.129 e. The Balaban J connectivity index is 1.66. The number of ether oxygens (including phenoxy) is 1. The lowest BCUT2D eigenvalue weighted by molar-refractivity contribution is 0.305. The molecule has 0 saturated carbocycles. The third-order valence-corrected chi connectivity index (χ3v) is 5.42. The van der Waals surface area contributed by atoms with Crippen molar-refractivity contribution in [1.29, 1.82) is 0 Å². The summed E-state index contributed by atoms with van der Waals surface area (Å²) in [5, 5.41) is 4.15. The van der Waals surface area contributed by atoms with Crippen molar-refractivity contribution in [3.63, 3.8) is 0 Å². The van der Waals surface area contributed by atoms with Crippen LogP contribution in [0.5, 0.6) is 5.75 Å². The van der Waals surface area contributed by atoms with Gasteiger partial charge in [0.1, 0.15) is 5.75 Å². The minimum absolute atomic E-state index is 0.884. The van der Waals surface area contributed by atoms with Crippen LogP contribution in [-0.4, -0.2) is 6.61 Å². The van der Waals surface area contributed by atoms with Crippen molar-refractivity contribution < 1.29 is 4.74 Å². The molecule has 0 radical (unpaired) electrons. The first-order valence-electron chi connectivity index (χ1n) is 10.6. The number of unbranched alkanes of at least 4 members (excludes halogenated alkanes) is 15. The van der Waals surface area contributed by atoms with Gasteiger partial charge in [-0.15, -0.1) is 11.3 Å². The third kappa shape index (κ3) is 13.9. The summed E-state index contributed by atoms with van der Waals surface area (Å²) in [6.45, 7) is 3.18. The fourth-order valence-corrected chi connectivity index (χ4v) is 3.75. The predicted octanol–water partition coefficient (Wildman–Crippen LogP) is 8.39. The topological polar surface area (TPSA) is 9.23 Å². The lowest BCUT2D eigenvalue weighted by Gasteiger charge is -2.04. The quantitative estimate of drug-likeness (QED) is 0.241. The molecule has 0 unspecified atom stereocenters. The van der Waals surface area contributed by atoms with E-state index in [1.807, 2.05) is 0 Å². The van der Waals surface area contributed by atoms with E-state index < -0.39 is 0 Å². The molecule has 0 aliphatic heterocycles. The normalized spacial score (nSPS) is 11.0. The van der Waals surface area contributed by atoms with Crippen LogP contribution in [0.25, 0.3) is 0 Å². The molecule has 0 amide bonds. The molecule has 1 rings (SSSR count). The second-order valence-electron chi connectivity index (χ2n) is 7.11. The Kier molecular flexibility index (Phi) is 15.6. The van der Waals surface area contributed by atoms with E-state index in [0.717, 1.165) is 12.4 Å². The molecule has 0 bridgehead atoms. The summed E-state index contributed by atoms with van der Waals surface area (Å²) in [5.41, 5.74) is 0. The van der Waals surface area contributed by atoms with Gasteiger partial charge in [-0.3, -0.25) is 0 Å². The van der Waals surface area contributed by atoms with E-state index in [1.54, 1.807) is 11.3 Å². The van der Waals surface area contributed by atoms with Crippen molar-refractivity contribution >= 4 is 11.3 Å². The summed E-state index contributed by atoms with van der Waals surface area (Å²) in [4.78, 5) is 0. The van der Waals surface area contributed by atoms with Gasteiger partial charge in [-0.1, -0.05) is 103 Å². The lowest BCUT2D eigenvalue weighted by Crippen LogP contribution is -1.95. The van der Waals surface area contributed by atoms with Crippen molar-refractivity contribution in [2.24, 2.45) is 0 Å². The van der Waals surface area contributed by atoms with Gasteiger partial charge >= 0.3 is 0 Å². The number of rotatable bonds is 18. The Morgan fingerprint density at radius 2 is 1.12 bits per heavy atom. The van der Waals surface area contributed by atoms with E-state index in [9.17, 15) is 0 Å². The fraction of sp³-hybridized carbons (Fsp3) is 0.818. The third-order valence-electron chi connectivity index (χ3n) is 4.76. The molecule has 140 valence electrons. The highest BCUT2D eigenvalue weighted by Gasteiger charge is 1.96. The largest absolute Gasteiger partial charge is 0.493 e. The summed E-state index contributed by atoms with van der Waals surface area (Å²) in [6, 6.07) is 2.05. The zero-order chi connectivity index (χ0) is 17.1. The van der Waals surface area contributed by atoms with Crippen LogP contribution in [0.3, 0.4) is 0 Å². The highest BCUT2D eigenvalue weighted by molar-refractivity contribution is 7.08. The van der Waals surface area contributed by atoms with Crippen molar-refractivity contribution in [1.82, 2.24) is 0 Å². The standard InChI is InChI=1S/C22H40OS/c1-2-3-4-5-6-7-8-9-10-11-12-13-14-15-16-17-19-23-22-18-20-24-21-22/h18,20-21H,2-17,19H2,1H3. The maximum Gasteiger partial charge on any atom is 0.129 e. The van der Waals surface area contributed by atoms with E-state index >= 15 is 0 Å². The molecule has 0 aliphatic carbocycles. The average molecular weight is 353 g/mol. The summed E-state index contributed by atoms with van der Waals surface area (Å²) < 4.78 is 5.68. The van der Waals surface area contributed by atoms with Crippen LogP contribution < -0.4 is 4.74 Å². The van der Waals surface area contributed by atoms with Crippen LogP contribution in [0, 0.1) is 0 Å². The van der Waals surface area contributed by atoms with Crippen molar-refractivity contribution in [2.45, 2.75) is 110 Å². The highest BCUT2D eigenvalue weighted by Crippen LogP contribution is 2.16. The SMILES string of the molecule is CCCCCCCCCCCCCCCCCCOc1ccsc1. The van der Waals surface area contributed by atoms with E-state index in [1.165, 1.54) is 103 Å². The molecule has 1 nitrogen and oxygen atoms in total. The number of thiophene rings is 1. The Morgan fingerprint density at radius 3 is 1.54 bits per heavy atom. The Hall–Kier alpha value is -0.500. The zero-order valence-corrected chi connectivity index (χ0v) is 16.9. The molecule has 0 N–H and O–H groups in total. The van der Waals surface area contributed by atoms with E-state index in [2.05, 4.69) is 23.8 Å². The van der Waals surface area contributed by atoms with Gasteiger partial charge in [0.2, 0.25) is 0 Å². The first kappa shape index (κ1) is 21.5. The summed E-state index contributed by atoms with van der Waals surface area (Å²) >= 11 is 1.70. The van der Waals surface area contributed by atoms with Crippen LogP contribution in [-0.2, 0) is 0 Å². The van der Waals surface area contributed by atoms with Crippen LogP contribution in [0.2, 0.25) is 0 Å². The molecular formula is C22H40OS. The molecule has 1 aromatic heterocycles. The van der Waals surface area contributed by atoms with E-state index in [0.29, 0.717) is 0 Å². The monoisotopic (exact) mass is 352 g/mol. The molecule has 24 heavy (non-hydrogen) atoms. The number of hydrogen-bond donors (Lipinski definition) is 0. The van der Waals surface area contributed by atoms with Gasteiger partial charge in [-0.05, 0) is 17.9 Å². The van der Waals surface area contributed by atoms with Gasteiger partial charge < -0.3 is 4.74 Å². The second kappa shape index (κ2) is 17.3. The molecule has 0 atom stereocenters. The first-order chi connectivity index (χ1) is 11.9. The highest BCUT2D eigenvalue weighted by atomic mass is 32.1. The van der Waals surface area contributed by atoms with Gasteiger partial charge in [0.05, 0.1) is 6.61 Å². The molecule has 0 saturated heterocycles. The van der Waals surface area contributed by atoms with Gasteiger partial charge in [-0.2, -0.15) is 0 Å². The van der Waals surface area contributed by atoms with E-state index in [4.69, 9.17) is 4.74 Å². The molecule has 0 spiro atoms. The van der Waals surface area contributed by atoms with Crippen molar-refractivity contribution in [3.8, 4) is 5.75 Å². The summed E-state index contributed by atoms with van der Waals surface area (Å²) in [7, 11) is 0. The van der Waals surface area contributed by atoms with E-state index in [-0.39, 0.29) is 0 Å². The molecule has 1 aromatic rings. The summed E-state index contributed by atoms with van der Waals surface area (Å²) in [5.74, 6) is 1.04. The van der Waals surface area contributed by atoms with Crippen LogP contribution >= 0.6 is 11.3 Å². The molecule has 0 fully saturated rings. The Labute approximate surface area is 155 Å². The lowest BCUT2D eigenvalue weighted by atomic mass is 10.0. The van der Waals surface area contributed by atoms with Crippen LogP contribution in [0.1, 0.15) is 110 Å². The van der Waals surface area contributed by atoms with Crippen molar-refractivity contribution in [2.75, 3.05) is 6.61 Å². The fourth-order valence-electron chi connectivity index (χ4n) is 3.17. The van der Waals surface area contributed by atoms with Gasteiger partial charge in [0.25, 0.3) is 0 Å². The Morgan fingerprint density at radius 1 is 0.667 bits per heavy atom. The van der Waals surface area contributed by atoms with Gasteiger partial charge in [0.15, 0.2) is 0 Å². The maximum absolute atomic E-state index is 5.68. The minimum Gasteiger partial charge on any atom is -0.493 e.